The number of nitrogens with zero attached hydrogens (tertiary/aromatic N) is 1. The number of hydrogen-bond acceptors (Lipinski definition) is 4. The highest BCUT2D eigenvalue weighted by Crippen LogP contribution is 2.25. The van der Waals surface area contributed by atoms with Gasteiger partial charge in [-0.15, -0.1) is 11.3 Å². The Bertz CT molecular complexity index is 544. The van der Waals surface area contributed by atoms with Gasteiger partial charge >= 0.3 is 0 Å². The van der Waals surface area contributed by atoms with Crippen molar-refractivity contribution in [1.29, 1.82) is 0 Å². The molecule has 7 heteroatoms. The summed E-state index contributed by atoms with van der Waals surface area (Å²) in [5.41, 5.74) is 0. The third-order valence-electron chi connectivity index (χ3n) is 3.14. The zero-order chi connectivity index (χ0) is 13.3. The van der Waals surface area contributed by atoms with Crippen molar-refractivity contribution < 1.29 is 13.2 Å². The Morgan fingerprint density at radius 2 is 2.06 bits per heavy atom. The molecule has 1 aliphatic rings. The van der Waals surface area contributed by atoms with E-state index in [-0.39, 0.29) is 10.8 Å². The summed E-state index contributed by atoms with van der Waals surface area (Å²) in [7, 11) is 1.49. The van der Waals surface area contributed by atoms with Crippen LogP contribution in [0, 0.1) is 5.92 Å². The highest BCUT2D eigenvalue weighted by molar-refractivity contribution is 8.13. The van der Waals surface area contributed by atoms with Crippen LogP contribution in [0.4, 0.5) is 0 Å². The van der Waals surface area contributed by atoms with Gasteiger partial charge in [0.15, 0.2) is 0 Å². The third kappa shape index (κ3) is 3.05. The standard InChI is InChI=1S/C11H14ClNO3S2/c1-8-2-4-13(5-3-8)11(14)10-6-9(7-17-10)18(12,15)16/h6-8H,2-5H2,1H3. The lowest BCUT2D eigenvalue weighted by molar-refractivity contribution is 0.0702. The largest absolute Gasteiger partial charge is 0.338 e. The van der Waals surface area contributed by atoms with Crippen LogP contribution in [0.2, 0.25) is 0 Å². The zero-order valence-electron chi connectivity index (χ0n) is 9.93. The minimum absolute atomic E-state index is 0.00268. The lowest BCUT2D eigenvalue weighted by Crippen LogP contribution is -2.37. The number of thiophene rings is 1. The summed E-state index contributed by atoms with van der Waals surface area (Å²) in [6.45, 7) is 3.65. The van der Waals surface area contributed by atoms with E-state index in [0.29, 0.717) is 10.8 Å². The third-order valence-corrected chi connectivity index (χ3v) is 5.54. The number of carbonyl (C=O) groups excluding carboxylic acids is 1. The van der Waals surface area contributed by atoms with E-state index in [9.17, 15) is 13.2 Å². The Morgan fingerprint density at radius 3 is 2.56 bits per heavy atom. The first-order valence-corrected chi connectivity index (χ1v) is 8.89. The van der Waals surface area contributed by atoms with Crippen LogP contribution in [0.1, 0.15) is 29.4 Å². The van der Waals surface area contributed by atoms with Gasteiger partial charge in [0.1, 0.15) is 0 Å². The minimum atomic E-state index is -3.74. The molecule has 0 saturated carbocycles. The quantitative estimate of drug-likeness (QED) is 0.789. The molecular formula is C11H14ClNO3S2. The van der Waals surface area contributed by atoms with Crippen LogP contribution >= 0.6 is 22.0 Å². The van der Waals surface area contributed by atoms with Crippen LogP contribution < -0.4 is 0 Å². The molecule has 0 aliphatic carbocycles. The van der Waals surface area contributed by atoms with Crippen molar-refractivity contribution in [2.24, 2.45) is 5.92 Å². The average Bonchev–Trinajstić information content (AvgIpc) is 2.78. The van der Waals surface area contributed by atoms with Gasteiger partial charge in [-0.25, -0.2) is 8.42 Å². The summed E-state index contributed by atoms with van der Waals surface area (Å²) in [5.74, 6) is 0.551. The Hall–Kier alpha value is -0.590. The maximum absolute atomic E-state index is 12.1. The van der Waals surface area contributed by atoms with Crippen molar-refractivity contribution in [3.8, 4) is 0 Å². The molecule has 2 rings (SSSR count). The van der Waals surface area contributed by atoms with Gasteiger partial charge in [-0.2, -0.15) is 0 Å². The lowest BCUT2D eigenvalue weighted by Gasteiger charge is -2.29. The molecule has 4 nitrogen and oxygen atoms in total. The first-order valence-electron chi connectivity index (χ1n) is 5.70. The molecule has 1 aromatic heterocycles. The summed E-state index contributed by atoms with van der Waals surface area (Å²) in [6.07, 6.45) is 2.00. The maximum atomic E-state index is 12.1. The van der Waals surface area contributed by atoms with E-state index in [2.05, 4.69) is 6.92 Å². The summed E-state index contributed by atoms with van der Waals surface area (Å²) in [4.78, 5) is 14.4. The lowest BCUT2D eigenvalue weighted by atomic mass is 9.99. The monoisotopic (exact) mass is 307 g/mol. The fraction of sp³-hybridized carbons (Fsp3) is 0.545. The molecule has 1 aliphatic heterocycles. The fourth-order valence-electron chi connectivity index (χ4n) is 1.93. The molecule has 0 radical (unpaired) electrons. The SMILES string of the molecule is CC1CCN(C(=O)c2cc(S(=O)(=O)Cl)cs2)CC1. The smallest absolute Gasteiger partial charge is 0.263 e. The first kappa shape index (κ1) is 13.8. The second kappa shape index (κ2) is 5.19. The van der Waals surface area contributed by atoms with Crippen molar-refractivity contribution in [3.63, 3.8) is 0 Å². The van der Waals surface area contributed by atoms with Gasteiger partial charge in [0, 0.05) is 29.2 Å². The van der Waals surface area contributed by atoms with Gasteiger partial charge in [0.2, 0.25) is 0 Å². The number of hydrogen-bond donors (Lipinski definition) is 0. The Balaban J connectivity index is 2.12. The van der Waals surface area contributed by atoms with Crippen molar-refractivity contribution >= 4 is 37.0 Å². The van der Waals surface area contributed by atoms with E-state index >= 15 is 0 Å². The van der Waals surface area contributed by atoms with Crippen LogP contribution in [-0.4, -0.2) is 32.3 Å². The van der Waals surface area contributed by atoms with Crippen molar-refractivity contribution in [1.82, 2.24) is 4.90 Å². The molecule has 18 heavy (non-hydrogen) atoms. The predicted octanol–water partition coefficient (Wildman–Crippen LogP) is 2.55. The van der Waals surface area contributed by atoms with E-state index in [1.54, 1.807) is 4.90 Å². The predicted molar refractivity (Wildman–Crippen MR) is 71.7 cm³/mol. The molecule has 1 fully saturated rings. The number of piperidine rings is 1. The molecule has 0 aromatic carbocycles. The van der Waals surface area contributed by atoms with Crippen molar-refractivity contribution in [2.45, 2.75) is 24.7 Å². The van der Waals surface area contributed by atoms with Gasteiger partial charge in [0.05, 0.1) is 9.77 Å². The summed E-state index contributed by atoms with van der Waals surface area (Å²) in [6, 6.07) is 1.35. The van der Waals surface area contributed by atoms with E-state index in [1.807, 2.05) is 0 Å². The second-order valence-corrected chi connectivity index (χ2v) is 8.04. The Labute approximate surface area is 115 Å². The molecule has 1 aromatic rings. The zero-order valence-corrected chi connectivity index (χ0v) is 12.3. The number of halogens is 1. The highest BCUT2D eigenvalue weighted by Gasteiger charge is 2.24. The van der Waals surface area contributed by atoms with Crippen molar-refractivity contribution in [2.75, 3.05) is 13.1 Å². The molecule has 100 valence electrons. The fourth-order valence-corrected chi connectivity index (χ4v) is 4.06. The molecule has 0 atom stereocenters. The topological polar surface area (TPSA) is 54.5 Å². The average molecular weight is 308 g/mol. The molecule has 0 bridgehead atoms. The first-order chi connectivity index (χ1) is 8.38. The van der Waals surface area contributed by atoms with Crippen LogP contribution in [-0.2, 0) is 9.05 Å². The van der Waals surface area contributed by atoms with Crippen molar-refractivity contribution in [3.05, 3.63) is 16.3 Å². The van der Waals surface area contributed by atoms with Gasteiger partial charge in [-0.05, 0) is 24.8 Å². The summed E-state index contributed by atoms with van der Waals surface area (Å²) >= 11 is 1.12. The summed E-state index contributed by atoms with van der Waals surface area (Å²) < 4.78 is 22.3. The minimum Gasteiger partial charge on any atom is -0.338 e. The molecule has 1 saturated heterocycles. The maximum Gasteiger partial charge on any atom is 0.263 e. The number of rotatable bonds is 2. The van der Waals surface area contributed by atoms with E-state index in [4.69, 9.17) is 10.7 Å². The number of amides is 1. The number of likely N-dealkylation sites (tertiary alicyclic amines) is 1. The number of carbonyl (C=O) groups is 1. The summed E-state index contributed by atoms with van der Waals surface area (Å²) in [5, 5.41) is 1.40. The second-order valence-electron chi connectivity index (χ2n) is 4.56. The van der Waals surface area contributed by atoms with Gasteiger partial charge in [0.25, 0.3) is 15.0 Å². The van der Waals surface area contributed by atoms with Crippen LogP contribution in [0.15, 0.2) is 16.3 Å². The highest BCUT2D eigenvalue weighted by atomic mass is 35.7. The Morgan fingerprint density at radius 1 is 1.44 bits per heavy atom. The molecular weight excluding hydrogens is 294 g/mol. The van der Waals surface area contributed by atoms with E-state index in [1.165, 1.54) is 11.4 Å². The van der Waals surface area contributed by atoms with E-state index in [0.717, 1.165) is 37.3 Å². The molecule has 0 N–H and O–H groups in total. The van der Waals surface area contributed by atoms with Crippen LogP contribution in [0.3, 0.4) is 0 Å². The van der Waals surface area contributed by atoms with Crippen LogP contribution in [0.5, 0.6) is 0 Å². The normalized spacial score (nSPS) is 18.0. The molecule has 0 unspecified atom stereocenters. The molecule has 0 spiro atoms. The molecule has 2 heterocycles. The van der Waals surface area contributed by atoms with E-state index < -0.39 is 9.05 Å². The van der Waals surface area contributed by atoms with Gasteiger partial charge < -0.3 is 4.90 Å². The van der Waals surface area contributed by atoms with Crippen LogP contribution in [0.25, 0.3) is 0 Å². The Kier molecular flexibility index (Phi) is 3.99. The van der Waals surface area contributed by atoms with Gasteiger partial charge in [-0.1, -0.05) is 6.92 Å². The van der Waals surface area contributed by atoms with Gasteiger partial charge in [-0.3, -0.25) is 4.79 Å². The molecule has 1 amide bonds.